The van der Waals surface area contributed by atoms with E-state index in [1.165, 1.54) is 12.1 Å². The molecule has 0 bridgehead atoms. The fourth-order valence-corrected chi connectivity index (χ4v) is 1.44. The van der Waals surface area contributed by atoms with Crippen LogP contribution >= 0.6 is 15.9 Å². The van der Waals surface area contributed by atoms with Gasteiger partial charge in [0.25, 0.3) is 0 Å². The molecule has 3 nitrogen and oxygen atoms in total. The van der Waals surface area contributed by atoms with Crippen LogP contribution in [0.2, 0.25) is 0 Å². The van der Waals surface area contributed by atoms with Crippen LogP contribution < -0.4 is 0 Å². The quantitative estimate of drug-likeness (QED) is 0.676. The van der Waals surface area contributed by atoms with Crippen molar-refractivity contribution >= 4 is 15.9 Å². The van der Waals surface area contributed by atoms with Gasteiger partial charge in [0.1, 0.15) is 0 Å². The maximum absolute atomic E-state index is 9.10. The summed E-state index contributed by atoms with van der Waals surface area (Å²) in [6.07, 6.45) is 0.453. The van der Waals surface area contributed by atoms with Crippen molar-refractivity contribution in [1.29, 1.82) is 0 Å². The molecule has 0 aromatic heterocycles. The highest BCUT2D eigenvalue weighted by molar-refractivity contribution is 9.10. The maximum atomic E-state index is 9.10. The van der Waals surface area contributed by atoms with Gasteiger partial charge < -0.3 is 15.3 Å². The second kappa shape index (κ2) is 3.78. The van der Waals surface area contributed by atoms with Crippen LogP contribution in [0.25, 0.3) is 0 Å². The van der Waals surface area contributed by atoms with Gasteiger partial charge in [0.05, 0.1) is 0 Å². The second-order valence-electron chi connectivity index (χ2n) is 2.41. The van der Waals surface area contributed by atoms with Crippen molar-refractivity contribution in [2.45, 2.75) is 6.42 Å². The lowest BCUT2D eigenvalue weighted by molar-refractivity contribution is 0.299. The number of aliphatic hydroxyl groups is 1. The molecule has 3 N–H and O–H groups in total. The van der Waals surface area contributed by atoms with E-state index in [4.69, 9.17) is 15.3 Å². The Balaban J connectivity index is 3.05. The Kier molecular flexibility index (Phi) is 2.94. The van der Waals surface area contributed by atoms with Crippen LogP contribution in [0.4, 0.5) is 0 Å². The van der Waals surface area contributed by atoms with Gasteiger partial charge in [0.15, 0.2) is 11.5 Å². The topological polar surface area (TPSA) is 60.7 Å². The normalized spacial score (nSPS) is 10.2. The molecule has 0 saturated heterocycles. The Bertz CT molecular complexity index is 286. The summed E-state index contributed by atoms with van der Waals surface area (Å²) in [6, 6.07) is 2.83. The lowest BCUT2D eigenvalue weighted by Gasteiger charge is -2.04. The molecule has 0 heterocycles. The van der Waals surface area contributed by atoms with Crippen LogP contribution in [0.3, 0.4) is 0 Å². The fourth-order valence-electron chi connectivity index (χ4n) is 0.907. The number of aromatic hydroxyl groups is 2. The van der Waals surface area contributed by atoms with E-state index in [0.717, 1.165) is 5.56 Å². The largest absolute Gasteiger partial charge is 0.504 e. The Hall–Kier alpha value is -0.740. The summed E-state index contributed by atoms with van der Waals surface area (Å²) in [4.78, 5) is 0. The van der Waals surface area contributed by atoms with Gasteiger partial charge >= 0.3 is 0 Å². The molecule has 1 aromatic rings. The van der Waals surface area contributed by atoms with Crippen LogP contribution in [-0.4, -0.2) is 21.9 Å². The molecular weight excluding hydrogens is 224 g/mol. The lowest BCUT2D eigenvalue weighted by Crippen LogP contribution is -1.91. The molecular formula is C8H9BrO3. The summed E-state index contributed by atoms with van der Waals surface area (Å²) in [6.45, 7) is 0.0167. The highest BCUT2D eigenvalue weighted by atomic mass is 79.9. The zero-order chi connectivity index (χ0) is 9.14. The van der Waals surface area contributed by atoms with Crippen molar-refractivity contribution in [3.05, 3.63) is 22.2 Å². The summed E-state index contributed by atoms with van der Waals surface area (Å²) >= 11 is 3.20. The van der Waals surface area contributed by atoms with Gasteiger partial charge in [-0.25, -0.2) is 0 Å². The van der Waals surface area contributed by atoms with Crippen molar-refractivity contribution in [3.63, 3.8) is 0 Å². The highest BCUT2D eigenvalue weighted by Crippen LogP contribution is 2.31. The summed E-state index contributed by atoms with van der Waals surface area (Å²) < 4.78 is 0.687. The molecule has 0 spiro atoms. The third kappa shape index (κ3) is 1.89. The molecule has 0 radical (unpaired) electrons. The Morgan fingerprint density at radius 2 is 1.75 bits per heavy atom. The number of phenols is 2. The van der Waals surface area contributed by atoms with Crippen LogP contribution in [0.15, 0.2) is 16.6 Å². The number of halogens is 1. The lowest BCUT2D eigenvalue weighted by atomic mass is 10.1. The third-order valence-corrected chi connectivity index (χ3v) is 2.26. The molecule has 12 heavy (non-hydrogen) atoms. The van der Waals surface area contributed by atoms with Gasteiger partial charge in [-0.05, 0) is 24.1 Å². The zero-order valence-electron chi connectivity index (χ0n) is 6.29. The van der Waals surface area contributed by atoms with E-state index in [0.29, 0.717) is 10.9 Å². The van der Waals surface area contributed by atoms with Gasteiger partial charge in [0.2, 0.25) is 0 Å². The van der Waals surface area contributed by atoms with Crippen molar-refractivity contribution < 1.29 is 15.3 Å². The van der Waals surface area contributed by atoms with Crippen molar-refractivity contribution in [2.24, 2.45) is 0 Å². The first-order valence-electron chi connectivity index (χ1n) is 3.46. The summed E-state index contributed by atoms with van der Waals surface area (Å²) in [5, 5.41) is 26.8. The first-order valence-corrected chi connectivity index (χ1v) is 4.25. The van der Waals surface area contributed by atoms with Crippen LogP contribution in [0, 0.1) is 0 Å². The molecule has 1 rings (SSSR count). The molecule has 4 heteroatoms. The number of hydrogen-bond donors (Lipinski definition) is 3. The average Bonchev–Trinajstić information content (AvgIpc) is 2.01. The van der Waals surface area contributed by atoms with E-state index in [2.05, 4.69) is 15.9 Å². The predicted octanol–water partition coefficient (Wildman–Crippen LogP) is 1.40. The smallest absolute Gasteiger partial charge is 0.158 e. The molecule has 0 saturated carbocycles. The fraction of sp³-hybridized carbons (Fsp3) is 0.250. The van der Waals surface area contributed by atoms with E-state index in [1.54, 1.807) is 0 Å². The standard InChI is InChI=1S/C8H9BrO3/c9-6-4-8(12)7(11)3-5(6)1-2-10/h3-4,10-12H,1-2H2. The Morgan fingerprint density at radius 3 is 2.33 bits per heavy atom. The Labute approximate surface area is 78.4 Å². The maximum Gasteiger partial charge on any atom is 0.158 e. The molecule has 0 aliphatic heterocycles. The van der Waals surface area contributed by atoms with E-state index in [9.17, 15) is 0 Å². The first-order chi connectivity index (χ1) is 5.65. The summed E-state index contributed by atoms with van der Waals surface area (Å²) in [5.74, 6) is -0.329. The molecule has 66 valence electrons. The predicted molar refractivity (Wildman–Crippen MR) is 48.3 cm³/mol. The highest BCUT2D eigenvalue weighted by Gasteiger charge is 2.05. The van der Waals surface area contributed by atoms with Crippen LogP contribution in [0.5, 0.6) is 11.5 Å². The molecule has 1 aromatic carbocycles. The van der Waals surface area contributed by atoms with Crippen molar-refractivity contribution in [1.82, 2.24) is 0 Å². The van der Waals surface area contributed by atoms with E-state index >= 15 is 0 Å². The molecule has 0 atom stereocenters. The van der Waals surface area contributed by atoms with Crippen LogP contribution in [-0.2, 0) is 6.42 Å². The minimum atomic E-state index is -0.165. The van der Waals surface area contributed by atoms with E-state index in [1.807, 2.05) is 0 Å². The van der Waals surface area contributed by atoms with Gasteiger partial charge in [-0.3, -0.25) is 0 Å². The van der Waals surface area contributed by atoms with Crippen molar-refractivity contribution in [2.75, 3.05) is 6.61 Å². The third-order valence-electron chi connectivity index (χ3n) is 1.52. The molecule has 0 amide bonds. The molecule has 0 aliphatic carbocycles. The second-order valence-corrected chi connectivity index (χ2v) is 3.26. The van der Waals surface area contributed by atoms with E-state index < -0.39 is 0 Å². The van der Waals surface area contributed by atoms with Crippen LogP contribution in [0.1, 0.15) is 5.56 Å². The molecule has 0 unspecified atom stereocenters. The van der Waals surface area contributed by atoms with Gasteiger partial charge in [0, 0.05) is 11.1 Å². The minimum Gasteiger partial charge on any atom is -0.504 e. The monoisotopic (exact) mass is 232 g/mol. The molecule has 0 aliphatic rings. The number of aliphatic hydroxyl groups excluding tert-OH is 1. The number of hydrogen-bond acceptors (Lipinski definition) is 3. The number of benzene rings is 1. The van der Waals surface area contributed by atoms with Gasteiger partial charge in [-0.15, -0.1) is 0 Å². The number of rotatable bonds is 2. The minimum absolute atomic E-state index is 0.0167. The van der Waals surface area contributed by atoms with Gasteiger partial charge in [-0.1, -0.05) is 15.9 Å². The zero-order valence-corrected chi connectivity index (χ0v) is 7.87. The average molecular weight is 233 g/mol. The first kappa shape index (κ1) is 9.35. The summed E-state index contributed by atoms with van der Waals surface area (Å²) in [7, 11) is 0. The Morgan fingerprint density at radius 1 is 1.17 bits per heavy atom. The van der Waals surface area contributed by atoms with Gasteiger partial charge in [-0.2, -0.15) is 0 Å². The number of phenolic OH excluding ortho intramolecular Hbond substituents is 2. The SMILES string of the molecule is OCCc1cc(O)c(O)cc1Br. The summed E-state index contributed by atoms with van der Waals surface area (Å²) in [5.41, 5.74) is 0.771. The molecule has 0 fully saturated rings. The van der Waals surface area contributed by atoms with E-state index in [-0.39, 0.29) is 18.1 Å². The van der Waals surface area contributed by atoms with Crippen molar-refractivity contribution in [3.8, 4) is 11.5 Å².